The van der Waals surface area contributed by atoms with E-state index in [9.17, 15) is 9.59 Å². The van der Waals surface area contributed by atoms with Crippen molar-refractivity contribution < 1.29 is 9.59 Å². The molecular formula is C29H30N4O2S. The number of nitrogens with one attached hydrogen (secondary N) is 2. The Balaban J connectivity index is 1.44. The summed E-state index contributed by atoms with van der Waals surface area (Å²) in [6.07, 6.45) is 0. The van der Waals surface area contributed by atoms with Crippen LogP contribution in [0, 0.1) is 6.92 Å². The van der Waals surface area contributed by atoms with Crippen molar-refractivity contribution >= 4 is 51.6 Å². The SMILES string of the molecule is CCN(c1ccc(NC(=O)c2ccc(N(C)C)cc2)cc1)c1ccc(NC(=O)c2cccs2)cc1C. The van der Waals surface area contributed by atoms with Crippen molar-refractivity contribution in [2.45, 2.75) is 13.8 Å². The lowest BCUT2D eigenvalue weighted by Crippen LogP contribution is -2.18. The first-order chi connectivity index (χ1) is 17.4. The Labute approximate surface area is 216 Å². The minimum Gasteiger partial charge on any atom is -0.378 e. The fourth-order valence-electron chi connectivity index (χ4n) is 3.97. The standard InChI is InChI=1S/C29H30N4O2S/c1-5-33(26-17-12-23(19-20(26)2)31-29(35)27-7-6-18-36-27)25-15-10-22(11-16-25)30-28(34)21-8-13-24(14-9-21)32(3)4/h6-19H,5H2,1-4H3,(H,30,34)(H,31,35). The second-order valence-corrected chi connectivity index (χ2v) is 9.57. The zero-order chi connectivity index (χ0) is 25.7. The monoisotopic (exact) mass is 498 g/mol. The lowest BCUT2D eigenvalue weighted by molar-refractivity contribution is 0.102. The van der Waals surface area contributed by atoms with Gasteiger partial charge in [0.15, 0.2) is 0 Å². The fourth-order valence-corrected chi connectivity index (χ4v) is 4.59. The van der Waals surface area contributed by atoms with E-state index in [1.165, 1.54) is 11.3 Å². The van der Waals surface area contributed by atoms with Crippen molar-refractivity contribution in [1.82, 2.24) is 0 Å². The summed E-state index contributed by atoms with van der Waals surface area (Å²) >= 11 is 1.42. The van der Waals surface area contributed by atoms with Crippen molar-refractivity contribution in [3.05, 3.63) is 100 Å². The number of thiophene rings is 1. The van der Waals surface area contributed by atoms with Crippen molar-refractivity contribution in [2.24, 2.45) is 0 Å². The smallest absolute Gasteiger partial charge is 0.265 e. The van der Waals surface area contributed by atoms with Crippen LogP contribution >= 0.6 is 11.3 Å². The maximum atomic E-state index is 12.7. The molecule has 7 heteroatoms. The molecule has 0 unspecified atom stereocenters. The van der Waals surface area contributed by atoms with Crippen molar-refractivity contribution in [2.75, 3.05) is 41.1 Å². The molecular weight excluding hydrogens is 468 g/mol. The Morgan fingerprint density at radius 2 is 1.44 bits per heavy atom. The average Bonchev–Trinajstić information content (AvgIpc) is 3.42. The molecule has 0 atom stereocenters. The quantitative estimate of drug-likeness (QED) is 0.281. The van der Waals surface area contributed by atoms with Crippen molar-refractivity contribution in [3.63, 3.8) is 0 Å². The van der Waals surface area contributed by atoms with Gasteiger partial charge in [-0.25, -0.2) is 0 Å². The van der Waals surface area contributed by atoms with E-state index in [0.717, 1.165) is 40.5 Å². The van der Waals surface area contributed by atoms with Crippen LogP contribution in [0.2, 0.25) is 0 Å². The molecule has 0 radical (unpaired) electrons. The molecule has 0 fully saturated rings. The molecule has 4 aromatic rings. The van der Waals surface area contributed by atoms with Gasteiger partial charge in [-0.15, -0.1) is 11.3 Å². The van der Waals surface area contributed by atoms with Crippen LogP contribution in [0.25, 0.3) is 0 Å². The van der Waals surface area contributed by atoms with Gasteiger partial charge in [0, 0.05) is 54.6 Å². The molecule has 2 amide bonds. The zero-order valence-corrected chi connectivity index (χ0v) is 21.7. The predicted molar refractivity (Wildman–Crippen MR) is 151 cm³/mol. The number of carbonyl (C=O) groups excluding carboxylic acids is 2. The number of hydrogen-bond acceptors (Lipinski definition) is 5. The van der Waals surface area contributed by atoms with E-state index in [1.54, 1.807) is 0 Å². The number of aryl methyl sites for hydroxylation is 1. The second kappa shape index (κ2) is 11.1. The minimum absolute atomic E-state index is 0.101. The Kier molecular flexibility index (Phi) is 7.71. The number of benzene rings is 3. The summed E-state index contributed by atoms with van der Waals surface area (Å²) in [6.45, 7) is 4.90. The van der Waals surface area contributed by atoms with E-state index in [4.69, 9.17) is 0 Å². The summed E-state index contributed by atoms with van der Waals surface area (Å²) in [7, 11) is 3.94. The first kappa shape index (κ1) is 25.0. The summed E-state index contributed by atoms with van der Waals surface area (Å²) in [5.74, 6) is -0.243. The van der Waals surface area contributed by atoms with E-state index < -0.39 is 0 Å². The van der Waals surface area contributed by atoms with Crippen LogP contribution in [0.5, 0.6) is 0 Å². The van der Waals surface area contributed by atoms with Crippen molar-refractivity contribution in [3.8, 4) is 0 Å². The Morgan fingerprint density at radius 1 is 0.806 bits per heavy atom. The maximum Gasteiger partial charge on any atom is 0.265 e. The van der Waals surface area contributed by atoms with Crippen LogP contribution in [0.4, 0.5) is 28.4 Å². The van der Waals surface area contributed by atoms with Gasteiger partial charge in [0.25, 0.3) is 11.8 Å². The molecule has 6 nitrogen and oxygen atoms in total. The minimum atomic E-state index is -0.142. The number of rotatable bonds is 8. The van der Waals surface area contributed by atoms with Crippen LogP contribution in [0.3, 0.4) is 0 Å². The normalized spacial score (nSPS) is 10.6. The lowest BCUT2D eigenvalue weighted by atomic mass is 10.1. The molecule has 0 saturated carbocycles. The third kappa shape index (κ3) is 5.75. The van der Waals surface area contributed by atoms with Crippen LogP contribution in [-0.2, 0) is 0 Å². The van der Waals surface area contributed by atoms with E-state index >= 15 is 0 Å². The molecule has 0 aliphatic heterocycles. The number of hydrogen-bond donors (Lipinski definition) is 2. The van der Waals surface area contributed by atoms with Gasteiger partial charge in [-0.2, -0.15) is 0 Å². The molecule has 1 heterocycles. The van der Waals surface area contributed by atoms with Gasteiger partial charge in [0.05, 0.1) is 4.88 Å². The fraction of sp³-hybridized carbons (Fsp3) is 0.172. The van der Waals surface area contributed by atoms with Gasteiger partial charge in [0.1, 0.15) is 0 Å². The largest absolute Gasteiger partial charge is 0.378 e. The highest BCUT2D eigenvalue weighted by Gasteiger charge is 2.13. The van der Waals surface area contributed by atoms with Gasteiger partial charge < -0.3 is 20.4 Å². The molecule has 0 bridgehead atoms. The van der Waals surface area contributed by atoms with Gasteiger partial charge in [-0.3, -0.25) is 9.59 Å². The first-order valence-electron chi connectivity index (χ1n) is 11.8. The summed E-state index contributed by atoms with van der Waals surface area (Å²) in [4.78, 5) is 29.9. The highest BCUT2D eigenvalue weighted by Crippen LogP contribution is 2.31. The predicted octanol–water partition coefficient (Wildman–Crippen LogP) is 6.79. The van der Waals surface area contributed by atoms with E-state index in [1.807, 2.05) is 110 Å². The topological polar surface area (TPSA) is 64.7 Å². The van der Waals surface area contributed by atoms with Crippen LogP contribution < -0.4 is 20.4 Å². The van der Waals surface area contributed by atoms with E-state index in [-0.39, 0.29) is 11.8 Å². The highest BCUT2D eigenvalue weighted by atomic mass is 32.1. The molecule has 184 valence electrons. The number of nitrogens with zero attached hydrogens (tertiary/aromatic N) is 2. The lowest BCUT2D eigenvalue weighted by Gasteiger charge is -2.26. The molecule has 3 aromatic carbocycles. The third-order valence-corrected chi connectivity index (χ3v) is 6.76. The van der Waals surface area contributed by atoms with Gasteiger partial charge in [-0.1, -0.05) is 6.07 Å². The molecule has 2 N–H and O–H groups in total. The average molecular weight is 499 g/mol. The van der Waals surface area contributed by atoms with Gasteiger partial charge in [0.2, 0.25) is 0 Å². The molecule has 4 rings (SSSR count). The number of carbonyl (C=O) groups is 2. The summed E-state index contributed by atoms with van der Waals surface area (Å²) in [5.41, 5.74) is 6.29. The molecule has 0 aliphatic rings. The molecule has 0 saturated heterocycles. The van der Waals surface area contributed by atoms with Crippen LogP contribution in [0.15, 0.2) is 84.2 Å². The van der Waals surface area contributed by atoms with E-state index in [2.05, 4.69) is 22.5 Å². The number of amides is 2. The zero-order valence-electron chi connectivity index (χ0n) is 20.9. The van der Waals surface area contributed by atoms with Crippen LogP contribution in [-0.4, -0.2) is 32.5 Å². The molecule has 36 heavy (non-hydrogen) atoms. The first-order valence-corrected chi connectivity index (χ1v) is 12.7. The summed E-state index contributed by atoms with van der Waals surface area (Å²) < 4.78 is 0. The number of anilines is 5. The Bertz CT molecular complexity index is 1330. The van der Waals surface area contributed by atoms with Gasteiger partial charge >= 0.3 is 0 Å². The highest BCUT2D eigenvalue weighted by molar-refractivity contribution is 7.12. The summed E-state index contributed by atoms with van der Waals surface area (Å²) in [6, 6.07) is 24.9. The Hall–Kier alpha value is -4.10. The molecule has 0 spiro atoms. The summed E-state index contributed by atoms with van der Waals surface area (Å²) in [5, 5.41) is 7.83. The Morgan fingerprint density at radius 3 is 2.03 bits per heavy atom. The maximum absolute atomic E-state index is 12.7. The van der Waals surface area contributed by atoms with Crippen LogP contribution in [0.1, 0.15) is 32.5 Å². The molecule has 1 aromatic heterocycles. The van der Waals surface area contributed by atoms with E-state index in [0.29, 0.717) is 10.4 Å². The van der Waals surface area contributed by atoms with Gasteiger partial charge in [-0.05, 0) is 97.6 Å². The second-order valence-electron chi connectivity index (χ2n) is 8.62. The molecule has 0 aliphatic carbocycles. The van der Waals surface area contributed by atoms with Crippen molar-refractivity contribution in [1.29, 1.82) is 0 Å². The third-order valence-electron chi connectivity index (χ3n) is 5.89.